The number of azo groups is 1. The molecule has 0 saturated carbocycles. The highest BCUT2D eigenvalue weighted by Gasteiger charge is 2.13. The summed E-state index contributed by atoms with van der Waals surface area (Å²) in [5.41, 5.74) is 1.09. The molecule has 0 spiro atoms. The van der Waals surface area contributed by atoms with Crippen LogP contribution in [-0.4, -0.2) is 16.2 Å². The van der Waals surface area contributed by atoms with Gasteiger partial charge in [-0.3, -0.25) is 0 Å². The van der Waals surface area contributed by atoms with Crippen molar-refractivity contribution in [3.8, 4) is 5.75 Å². The van der Waals surface area contributed by atoms with Gasteiger partial charge in [-0.05, 0) is 24.6 Å². The van der Waals surface area contributed by atoms with E-state index >= 15 is 0 Å². The fourth-order valence-corrected chi connectivity index (χ4v) is 2.01. The average molecular weight is 284 g/mol. The molecule has 0 aliphatic rings. The maximum atomic E-state index is 11.1. The summed E-state index contributed by atoms with van der Waals surface area (Å²) >= 11 is 0. The topological polar surface area (TPSA) is 82.2 Å². The SMILES string of the molecule is CCC(N=Nc1ccccc1C(=O)O)c1ccccc1O. The molecule has 0 aliphatic heterocycles. The van der Waals surface area contributed by atoms with Crippen molar-refractivity contribution in [3.63, 3.8) is 0 Å². The van der Waals surface area contributed by atoms with Gasteiger partial charge in [-0.15, -0.1) is 0 Å². The summed E-state index contributed by atoms with van der Waals surface area (Å²) in [5.74, 6) is -0.880. The summed E-state index contributed by atoms with van der Waals surface area (Å²) in [6.45, 7) is 1.93. The molecule has 0 aromatic heterocycles. The highest BCUT2D eigenvalue weighted by atomic mass is 16.4. The maximum Gasteiger partial charge on any atom is 0.337 e. The number of aromatic carboxylic acids is 1. The summed E-state index contributed by atoms with van der Waals surface area (Å²) in [6, 6.07) is 13.1. The quantitative estimate of drug-likeness (QED) is 0.802. The maximum absolute atomic E-state index is 11.1. The zero-order valence-electron chi connectivity index (χ0n) is 11.6. The number of hydrogen-bond donors (Lipinski definition) is 2. The molecule has 0 fully saturated rings. The summed E-state index contributed by atoms with van der Waals surface area (Å²) in [4.78, 5) is 11.1. The molecule has 0 amide bonds. The Morgan fingerprint density at radius 2 is 1.81 bits per heavy atom. The Bertz CT molecular complexity index is 668. The van der Waals surface area contributed by atoms with E-state index in [-0.39, 0.29) is 17.4 Å². The first kappa shape index (κ1) is 14.7. The standard InChI is InChI=1S/C16H16N2O3/c1-2-13(11-7-4-6-10-15(11)19)17-18-14-9-5-3-8-12(14)16(20)21/h3-10,13,19H,2H2,1H3,(H,20,21). The van der Waals surface area contributed by atoms with E-state index in [1.807, 2.05) is 13.0 Å². The minimum absolute atomic E-state index is 0.105. The van der Waals surface area contributed by atoms with Gasteiger partial charge in [0.1, 0.15) is 5.75 Å². The first-order chi connectivity index (χ1) is 10.1. The zero-order chi connectivity index (χ0) is 15.2. The Balaban J connectivity index is 2.31. The normalized spacial score (nSPS) is 12.4. The lowest BCUT2D eigenvalue weighted by molar-refractivity contribution is 0.0697. The van der Waals surface area contributed by atoms with Crippen LogP contribution in [0.4, 0.5) is 5.69 Å². The van der Waals surface area contributed by atoms with Crippen LogP contribution in [0, 0.1) is 0 Å². The molecule has 2 rings (SSSR count). The van der Waals surface area contributed by atoms with Gasteiger partial charge in [-0.1, -0.05) is 37.3 Å². The van der Waals surface area contributed by atoms with E-state index in [0.717, 1.165) is 0 Å². The van der Waals surface area contributed by atoms with Gasteiger partial charge in [-0.25, -0.2) is 4.79 Å². The van der Waals surface area contributed by atoms with Crippen molar-refractivity contribution in [1.29, 1.82) is 0 Å². The number of nitrogens with zero attached hydrogens (tertiary/aromatic N) is 2. The van der Waals surface area contributed by atoms with Crippen LogP contribution in [0.15, 0.2) is 58.8 Å². The van der Waals surface area contributed by atoms with Crippen LogP contribution >= 0.6 is 0 Å². The first-order valence-electron chi connectivity index (χ1n) is 6.64. The number of para-hydroxylation sites is 1. The Morgan fingerprint density at radius 3 is 2.48 bits per heavy atom. The van der Waals surface area contributed by atoms with Gasteiger partial charge in [0, 0.05) is 5.56 Å². The van der Waals surface area contributed by atoms with E-state index in [0.29, 0.717) is 17.7 Å². The van der Waals surface area contributed by atoms with Gasteiger partial charge in [0.25, 0.3) is 0 Å². The van der Waals surface area contributed by atoms with Crippen molar-refractivity contribution in [3.05, 3.63) is 59.7 Å². The summed E-state index contributed by atoms with van der Waals surface area (Å²) < 4.78 is 0. The molecular weight excluding hydrogens is 268 g/mol. The van der Waals surface area contributed by atoms with Crippen LogP contribution in [0.1, 0.15) is 35.3 Å². The zero-order valence-corrected chi connectivity index (χ0v) is 11.6. The summed E-state index contributed by atoms with van der Waals surface area (Å²) in [7, 11) is 0. The Kier molecular flexibility index (Phi) is 4.66. The molecule has 108 valence electrons. The molecule has 2 N–H and O–H groups in total. The largest absolute Gasteiger partial charge is 0.508 e. The van der Waals surface area contributed by atoms with Crippen molar-refractivity contribution in [2.75, 3.05) is 0 Å². The third-order valence-corrected chi connectivity index (χ3v) is 3.12. The molecule has 5 nitrogen and oxygen atoms in total. The van der Waals surface area contributed by atoms with Crippen molar-refractivity contribution >= 4 is 11.7 Å². The number of aromatic hydroxyl groups is 1. The van der Waals surface area contributed by atoms with E-state index in [9.17, 15) is 9.90 Å². The molecule has 2 aromatic carbocycles. The van der Waals surface area contributed by atoms with E-state index in [1.165, 1.54) is 6.07 Å². The molecule has 0 heterocycles. The molecule has 0 saturated heterocycles. The van der Waals surface area contributed by atoms with E-state index in [1.54, 1.807) is 36.4 Å². The van der Waals surface area contributed by atoms with E-state index in [4.69, 9.17) is 5.11 Å². The second-order valence-corrected chi connectivity index (χ2v) is 4.52. The molecule has 5 heteroatoms. The number of carboxylic acid groups (broad SMARTS) is 1. The monoisotopic (exact) mass is 284 g/mol. The fraction of sp³-hybridized carbons (Fsp3) is 0.188. The number of benzene rings is 2. The Morgan fingerprint density at radius 1 is 1.14 bits per heavy atom. The fourth-order valence-electron chi connectivity index (χ4n) is 2.01. The van der Waals surface area contributed by atoms with Crippen LogP contribution < -0.4 is 0 Å². The van der Waals surface area contributed by atoms with Crippen LogP contribution in [-0.2, 0) is 0 Å². The van der Waals surface area contributed by atoms with E-state index < -0.39 is 5.97 Å². The second-order valence-electron chi connectivity index (χ2n) is 4.52. The number of hydrogen-bond acceptors (Lipinski definition) is 4. The number of phenolic OH excluding ortho intramolecular Hbond substituents is 1. The highest BCUT2D eigenvalue weighted by molar-refractivity contribution is 5.93. The molecule has 1 unspecified atom stereocenters. The van der Waals surface area contributed by atoms with Gasteiger partial charge in [0.15, 0.2) is 0 Å². The average Bonchev–Trinajstić information content (AvgIpc) is 2.49. The van der Waals surface area contributed by atoms with Crippen LogP contribution in [0.3, 0.4) is 0 Å². The predicted octanol–water partition coefficient (Wildman–Crippen LogP) is 4.33. The second kappa shape index (κ2) is 6.65. The third kappa shape index (κ3) is 3.45. The van der Waals surface area contributed by atoms with Crippen molar-refractivity contribution in [2.24, 2.45) is 10.2 Å². The van der Waals surface area contributed by atoms with Gasteiger partial charge >= 0.3 is 5.97 Å². The summed E-state index contributed by atoms with van der Waals surface area (Å²) in [5, 5.41) is 27.2. The molecule has 0 radical (unpaired) electrons. The van der Waals surface area contributed by atoms with Gasteiger partial charge in [0.05, 0.1) is 17.3 Å². The molecule has 0 bridgehead atoms. The number of phenols is 1. The van der Waals surface area contributed by atoms with Crippen molar-refractivity contribution < 1.29 is 15.0 Å². The van der Waals surface area contributed by atoms with Crippen LogP contribution in [0.25, 0.3) is 0 Å². The molecule has 21 heavy (non-hydrogen) atoms. The predicted molar refractivity (Wildman–Crippen MR) is 79.1 cm³/mol. The van der Waals surface area contributed by atoms with Crippen LogP contribution in [0.5, 0.6) is 5.75 Å². The Labute approximate surface area is 122 Å². The lowest BCUT2D eigenvalue weighted by atomic mass is 10.0. The minimum atomic E-state index is -1.04. The number of rotatable bonds is 5. The van der Waals surface area contributed by atoms with Crippen molar-refractivity contribution in [1.82, 2.24) is 0 Å². The van der Waals surface area contributed by atoms with Gasteiger partial charge in [0.2, 0.25) is 0 Å². The van der Waals surface area contributed by atoms with E-state index in [2.05, 4.69) is 10.2 Å². The lowest BCUT2D eigenvalue weighted by Crippen LogP contribution is -1.96. The molecule has 1 atom stereocenters. The molecule has 0 aliphatic carbocycles. The minimum Gasteiger partial charge on any atom is -0.508 e. The number of carbonyl (C=O) groups is 1. The van der Waals surface area contributed by atoms with Gasteiger partial charge < -0.3 is 10.2 Å². The van der Waals surface area contributed by atoms with Crippen LogP contribution in [0.2, 0.25) is 0 Å². The summed E-state index contributed by atoms with van der Waals surface area (Å²) in [6.07, 6.45) is 0.649. The third-order valence-electron chi connectivity index (χ3n) is 3.12. The smallest absolute Gasteiger partial charge is 0.337 e. The van der Waals surface area contributed by atoms with Crippen molar-refractivity contribution in [2.45, 2.75) is 19.4 Å². The van der Waals surface area contributed by atoms with Gasteiger partial charge in [-0.2, -0.15) is 10.2 Å². The molecule has 2 aromatic rings. The first-order valence-corrected chi connectivity index (χ1v) is 6.64. The number of carboxylic acids is 1. The highest BCUT2D eigenvalue weighted by Crippen LogP contribution is 2.30. The lowest BCUT2D eigenvalue weighted by Gasteiger charge is -2.10. The Hall–Kier alpha value is -2.69. The molecular formula is C16H16N2O3.